The third-order valence-corrected chi connectivity index (χ3v) is 3.12. The lowest BCUT2D eigenvalue weighted by molar-refractivity contribution is 0.193. The van der Waals surface area contributed by atoms with Crippen molar-refractivity contribution in [1.82, 2.24) is 9.88 Å². The molecule has 4 nitrogen and oxygen atoms in total. The van der Waals surface area contributed by atoms with Gasteiger partial charge in [-0.1, -0.05) is 0 Å². The second-order valence-corrected chi connectivity index (χ2v) is 4.22. The highest BCUT2D eigenvalue weighted by molar-refractivity contribution is 5.44. The van der Waals surface area contributed by atoms with Gasteiger partial charge in [-0.25, -0.2) is 4.98 Å². The van der Waals surface area contributed by atoms with Gasteiger partial charge in [0.2, 0.25) is 5.88 Å². The van der Waals surface area contributed by atoms with Gasteiger partial charge in [0.15, 0.2) is 0 Å². The predicted molar refractivity (Wildman–Crippen MR) is 64.9 cm³/mol. The molecule has 1 aromatic heterocycles. The summed E-state index contributed by atoms with van der Waals surface area (Å²) in [5.41, 5.74) is 1.03. The first-order chi connectivity index (χ1) is 7.79. The first-order valence-corrected chi connectivity index (χ1v) is 5.76. The second-order valence-electron chi connectivity index (χ2n) is 4.22. The molecule has 1 N–H and O–H groups in total. The number of aromatic nitrogens is 1. The van der Waals surface area contributed by atoms with E-state index in [9.17, 15) is 0 Å². The molecule has 1 aliphatic heterocycles. The molecule has 0 spiro atoms. The molecule has 1 atom stereocenters. The molecule has 0 saturated carbocycles. The van der Waals surface area contributed by atoms with Gasteiger partial charge in [-0.3, -0.25) is 0 Å². The van der Waals surface area contributed by atoms with Crippen LogP contribution >= 0.6 is 0 Å². The SMILES string of the molecule is CNc1ccnc(OCC2CCCN2C)c1. The first-order valence-electron chi connectivity index (χ1n) is 5.76. The molecule has 2 rings (SSSR count). The Morgan fingerprint density at radius 1 is 1.62 bits per heavy atom. The monoisotopic (exact) mass is 221 g/mol. The second kappa shape index (κ2) is 5.16. The summed E-state index contributed by atoms with van der Waals surface area (Å²) < 4.78 is 5.71. The Labute approximate surface area is 96.6 Å². The molecule has 88 valence electrons. The lowest BCUT2D eigenvalue weighted by Crippen LogP contribution is -2.30. The summed E-state index contributed by atoms with van der Waals surface area (Å²) in [6.07, 6.45) is 4.26. The van der Waals surface area contributed by atoms with Crippen LogP contribution in [0.4, 0.5) is 5.69 Å². The zero-order chi connectivity index (χ0) is 11.4. The molecule has 1 aromatic rings. The van der Waals surface area contributed by atoms with Crippen molar-refractivity contribution in [3.63, 3.8) is 0 Å². The standard InChI is InChI=1S/C12H19N3O/c1-13-10-5-6-14-12(8-10)16-9-11-4-3-7-15(11)2/h5-6,8,11H,3-4,7,9H2,1-2H3,(H,13,14). The van der Waals surface area contributed by atoms with Gasteiger partial charge in [-0.2, -0.15) is 0 Å². The van der Waals surface area contributed by atoms with Crippen LogP contribution in [0.3, 0.4) is 0 Å². The summed E-state index contributed by atoms with van der Waals surface area (Å²) in [5.74, 6) is 0.701. The predicted octanol–water partition coefficient (Wildman–Crippen LogP) is 1.60. The number of likely N-dealkylation sites (tertiary alicyclic amines) is 1. The number of nitrogens with zero attached hydrogens (tertiary/aromatic N) is 2. The van der Waals surface area contributed by atoms with E-state index in [-0.39, 0.29) is 0 Å². The Morgan fingerprint density at radius 2 is 2.50 bits per heavy atom. The van der Waals surface area contributed by atoms with Gasteiger partial charge < -0.3 is 15.0 Å². The maximum atomic E-state index is 5.71. The zero-order valence-corrected chi connectivity index (χ0v) is 9.94. The van der Waals surface area contributed by atoms with Crippen molar-refractivity contribution >= 4 is 5.69 Å². The van der Waals surface area contributed by atoms with Gasteiger partial charge in [0.25, 0.3) is 0 Å². The third kappa shape index (κ3) is 2.64. The summed E-state index contributed by atoms with van der Waals surface area (Å²) in [6, 6.07) is 4.39. The number of pyridine rings is 1. The number of likely N-dealkylation sites (N-methyl/N-ethyl adjacent to an activating group) is 1. The molecular formula is C12H19N3O. The van der Waals surface area contributed by atoms with E-state index in [4.69, 9.17) is 4.74 Å². The van der Waals surface area contributed by atoms with Crippen LogP contribution in [0.5, 0.6) is 5.88 Å². The van der Waals surface area contributed by atoms with Crippen molar-refractivity contribution in [3.8, 4) is 5.88 Å². The van der Waals surface area contributed by atoms with E-state index in [1.54, 1.807) is 6.20 Å². The number of ether oxygens (including phenoxy) is 1. The Bertz CT molecular complexity index is 343. The molecule has 0 aromatic carbocycles. The smallest absolute Gasteiger partial charge is 0.215 e. The highest BCUT2D eigenvalue weighted by Crippen LogP contribution is 2.17. The van der Waals surface area contributed by atoms with E-state index in [1.165, 1.54) is 19.4 Å². The molecule has 1 unspecified atom stereocenters. The van der Waals surface area contributed by atoms with Crippen LogP contribution in [-0.4, -0.2) is 43.2 Å². The summed E-state index contributed by atoms with van der Waals surface area (Å²) >= 11 is 0. The van der Waals surface area contributed by atoms with Crippen molar-refractivity contribution in [2.75, 3.05) is 32.6 Å². The number of nitrogens with one attached hydrogen (secondary N) is 1. The molecule has 16 heavy (non-hydrogen) atoms. The maximum absolute atomic E-state index is 5.71. The largest absolute Gasteiger partial charge is 0.476 e. The van der Waals surface area contributed by atoms with Crippen molar-refractivity contribution in [1.29, 1.82) is 0 Å². The lowest BCUT2D eigenvalue weighted by Gasteiger charge is -2.19. The van der Waals surface area contributed by atoms with Crippen LogP contribution in [0, 0.1) is 0 Å². The minimum Gasteiger partial charge on any atom is -0.476 e. The quantitative estimate of drug-likeness (QED) is 0.838. The molecule has 1 fully saturated rings. The summed E-state index contributed by atoms with van der Waals surface area (Å²) in [7, 11) is 4.04. The highest BCUT2D eigenvalue weighted by atomic mass is 16.5. The van der Waals surface area contributed by atoms with E-state index >= 15 is 0 Å². The fraction of sp³-hybridized carbons (Fsp3) is 0.583. The van der Waals surface area contributed by atoms with Crippen LogP contribution < -0.4 is 10.1 Å². The summed E-state index contributed by atoms with van der Waals surface area (Å²) in [6.45, 7) is 1.91. The molecule has 1 aliphatic rings. The zero-order valence-electron chi connectivity index (χ0n) is 9.94. The fourth-order valence-electron chi connectivity index (χ4n) is 2.02. The Balaban J connectivity index is 1.88. The average molecular weight is 221 g/mol. The fourth-order valence-corrected chi connectivity index (χ4v) is 2.02. The van der Waals surface area contributed by atoms with Crippen LogP contribution in [0.2, 0.25) is 0 Å². The topological polar surface area (TPSA) is 37.4 Å². The van der Waals surface area contributed by atoms with Crippen molar-refractivity contribution in [3.05, 3.63) is 18.3 Å². The molecule has 0 amide bonds. The normalized spacial score (nSPS) is 21.0. The molecule has 0 aliphatic carbocycles. The van der Waals surface area contributed by atoms with Gasteiger partial charge in [0, 0.05) is 31.0 Å². The molecular weight excluding hydrogens is 202 g/mol. The van der Waals surface area contributed by atoms with E-state index in [2.05, 4.69) is 22.2 Å². The first kappa shape index (κ1) is 11.2. The summed E-state index contributed by atoms with van der Waals surface area (Å²) in [5, 5.41) is 3.07. The van der Waals surface area contributed by atoms with Crippen molar-refractivity contribution in [2.24, 2.45) is 0 Å². The van der Waals surface area contributed by atoms with Crippen molar-refractivity contribution < 1.29 is 4.74 Å². The number of rotatable bonds is 4. The maximum Gasteiger partial charge on any atom is 0.215 e. The van der Waals surface area contributed by atoms with Crippen molar-refractivity contribution in [2.45, 2.75) is 18.9 Å². The van der Waals surface area contributed by atoms with Crippen LogP contribution in [0.25, 0.3) is 0 Å². The minimum absolute atomic E-state index is 0.542. The molecule has 2 heterocycles. The van der Waals surface area contributed by atoms with Gasteiger partial charge >= 0.3 is 0 Å². The van der Waals surface area contributed by atoms with Gasteiger partial charge in [0.05, 0.1) is 0 Å². The Kier molecular flexibility index (Phi) is 3.62. The van der Waals surface area contributed by atoms with Crippen LogP contribution in [0.1, 0.15) is 12.8 Å². The molecule has 4 heteroatoms. The van der Waals surface area contributed by atoms with E-state index < -0.39 is 0 Å². The Morgan fingerprint density at radius 3 is 3.19 bits per heavy atom. The number of anilines is 1. The van der Waals surface area contributed by atoms with E-state index in [0.717, 1.165) is 12.3 Å². The minimum atomic E-state index is 0.542. The van der Waals surface area contributed by atoms with Gasteiger partial charge in [-0.15, -0.1) is 0 Å². The Hall–Kier alpha value is -1.29. The summed E-state index contributed by atoms with van der Waals surface area (Å²) in [4.78, 5) is 6.54. The average Bonchev–Trinajstić information content (AvgIpc) is 2.72. The third-order valence-electron chi connectivity index (χ3n) is 3.12. The van der Waals surface area contributed by atoms with E-state index in [1.807, 2.05) is 19.2 Å². The number of hydrogen-bond acceptors (Lipinski definition) is 4. The van der Waals surface area contributed by atoms with Crippen LogP contribution in [-0.2, 0) is 0 Å². The number of hydrogen-bond donors (Lipinski definition) is 1. The van der Waals surface area contributed by atoms with Gasteiger partial charge in [-0.05, 0) is 32.5 Å². The van der Waals surface area contributed by atoms with Crippen LogP contribution in [0.15, 0.2) is 18.3 Å². The van der Waals surface area contributed by atoms with Gasteiger partial charge in [0.1, 0.15) is 6.61 Å². The van der Waals surface area contributed by atoms with E-state index in [0.29, 0.717) is 11.9 Å². The molecule has 0 bridgehead atoms. The highest BCUT2D eigenvalue weighted by Gasteiger charge is 2.21. The molecule has 0 radical (unpaired) electrons. The molecule has 1 saturated heterocycles. The lowest BCUT2D eigenvalue weighted by atomic mass is 10.2.